The van der Waals surface area contributed by atoms with Gasteiger partial charge in [0, 0.05) is 60.1 Å². The first kappa shape index (κ1) is 19.3. The van der Waals surface area contributed by atoms with Crippen molar-refractivity contribution in [3.05, 3.63) is 48.0 Å². The molecular formula is C27H29NO5. The Labute approximate surface area is 192 Å². The van der Waals surface area contributed by atoms with Crippen molar-refractivity contribution >= 4 is 11.8 Å². The zero-order valence-electron chi connectivity index (χ0n) is 18.7. The molecule has 0 amide bonds. The number of rotatable bonds is 2. The smallest absolute Gasteiger partial charge is 0.338 e. The molecule has 3 heterocycles. The maximum atomic E-state index is 13.3. The van der Waals surface area contributed by atoms with Gasteiger partial charge in [-0.25, -0.2) is 4.79 Å². The molecule has 9 aliphatic rings. The largest absolute Gasteiger partial charge is 0.458 e. The molecule has 1 aromatic carbocycles. The van der Waals surface area contributed by atoms with Gasteiger partial charge < -0.3 is 14.9 Å². The number of benzene rings is 1. The lowest BCUT2D eigenvalue weighted by atomic mass is 9.39. The Morgan fingerprint density at radius 1 is 1.15 bits per heavy atom. The van der Waals surface area contributed by atoms with E-state index in [2.05, 4.69) is 18.4 Å². The van der Waals surface area contributed by atoms with Crippen molar-refractivity contribution in [2.45, 2.75) is 56.6 Å². The van der Waals surface area contributed by atoms with Crippen LogP contribution in [0.3, 0.4) is 0 Å². The minimum atomic E-state index is -0.723. The van der Waals surface area contributed by atoms with Crippen LogP contribution in [0.4, 0.5) is 0 Å². The molecule has 1 unspecified atom stereocenters. The van der Waals surface area contributed by atoms with E-state index < -0.39 is 35.6 Å². The van der Waals surface area contributed by atoms with Crippen LogP contribution in [-0.4, -0.2) is 63.8 Å². The van der Waals surface area contributed by atoms with Crippen LogP contribution in [-0.2, 0) is 9.53 Å². The van der Waals surface area contributed by atoms with Gasteiger partial charge in [-0.3, -0.25) is 9.69 Å². The van der Waals surface area contributed by atoms with Crippen molar-refractivity contribution in [3.8, 4) is 0 Å². The fourth-order valence-corrected chi connectivity index (χ4v) is 11.3. The van der Waals surface area contributed by atoms with E-state index in [1.807, 2.05) is 18.2 Å². The Balaban J connectivity index is 1.33. The van der Waals surface area contributed by atoms with Gasteiger partial charge in [0.2, 0.25) is 0 Å². The molecule has 1 aromatic rings. The summed E-state index contributed by atoms with van der Waals surface area (Å²) >= 11 is 0. The molecule has 0 radical (unpaired) electrons. The highest BCUT2D eigenvalue weighted by molar-refractivity contribution is 5.89. The summed E-state index contributed by atoms with van der Waals surface area (Å²) in [4.78, 5) is 29.0. The van der Waals surface area contributed by atoms with E-state index in [1.165, 1.54) is 0 Å². The molecule has 2 N–H and O–H groups in total. The number of carbonyl (C=O) groups excluding carboxylic acids is 2. The predicted octanol–water partition coefficient (Wildman–Crippen LogP) is 1.81. The summed E-state index contributed by atoms with van der Waals surface area (Å²) in [6.07, 6.45) is -0.134. The highest BCUT2D eigenvalue weighted by Crippen LogP contribution is 2.86. The van der Waals surface area contributed by atoms with Gasteiger partial charge in [0.15, 0.2) is 0 Å². The van der Waals surface area contributed by atoms with Crippen molar-refractivity contribution in [1.29, 1.82) is 0 Å². The first-order chi connectivity index (χ1) is 15.8. The zero-order valence-corrected chi connectivity index (χ0v) is 18.7. The second-order valence-electron chi connectivity index (χ2n) is 12.4. The molecule has 6 saturated carbocycles. The first-order valence-electron chi connectivity index (χ1n) is 12.3. The number of hydrogen-bond acceptors (Lipinski definition) is 6. The molecule has 172 valence electrons. The summed E-state index contributed by atoms with van der Waals surface area (Å²) in [6, 6.07) is 9.36. The lowest BCUT2D eigenvalue weighted by molar-refractivity contribution is -0.242. The predicted molar refractivity (Wildman–Crippen MR) is 117 cm³/mol. The number of esters is 1. The number of aliphatic hydroxyl groups excluding tert-OH is 2. The lowest BCUT2D eigenvalue weighted by Gasteiger charge is -2.67. The number of nitrogens with zero attached hydrogens (tertiary/aromatic N) is 1. The van der Waals surface area contributed by atoms with Crippen molar-refractivity contribution in [1.82, 2.24) is 4.90 Å². The van der Waals surface area contributed by atoms with Gasteiger partial charge in [-0.1, -0.05) is 31.7 Å². The van der Waals surface area contributed by atoms with Gasteiger partial charge in [0.05, 0.1) is 17.8 Å². The highest BCUT2D eigenvalue weighted by atomic mass is 16.5. The second-order valence-corrected chi connectivity index (χ2v) is 12.4. The summed E-state index contributed by atoms with van der Waals surface area (Å²) in [6.45, 7) is 7.37. The van der Waals surface area contributed by atoms with Crippen LogP contribution in [0.15, 0.2) is 42.5 Å². The topological polar surface area (TPSA) is 87.1 Å². The summed E-state index contributed by atoms with van der Waals surface area (Å²) < 4.78 is 6.29. The van der Waals surface area contributed by atoms with Crippen LogP contribution in [0, 0.1) is 39.9 Å². The SMILES string of the molecule is C=C1[C@H]2[C@H](O)[C@@H]3[C@H]4N5C[C@]6(C)CC(=O)C[C@]47[C@H]([C@@H]2OC(=O)c2ccccc2)[C@]3(C[C@H]5[C@H]67)[C@@H]1O. The van der Waals surface area contributed by atoms with Gasteiger partial charge in [0.1, 0.15) is 11.9 Å². The lowest BCUT2D eigenvalue weighted by Crippen LogP contribution is -2.73. The molecule has 0 aromatic heterocycles. The van der Waals surface area contributed by atoms with E-state index >= 15 is 0 Å². The van der Waals surface area contributed by atoms with Crippen molar-refractivity contribution in [2.24, 2.45) is 39.9 Å². The number of Topliss-reactive ketones (excluding diaryl/α,β-unsaturated/α-hetero) is 1. The van der Waals surface area contributed by atoms with Crippen LogP contribution < -0.4 is 0 Å². The van der Waals surface area contributed by atoms with E-state index in [4.69, 9.17) is 4.74 Å². The monoisotopic (exact) mass is 447 g/mol. The second kappa shape index (κ2) is 5.45. The van der Waals surface area contributed by atoms with Crippen LogP contribution in [0.2, 0.25) is 0 Å². The number of fused-ring (bicyclic) bond motifs is 1. The molecule has 3 saturated heterocycles. The number of aliphatic hydroxyl groups is 2. The van der Waals surface area contributed by atoms with Crippen molar-refractivity contribution in [2.75, 3.05) is 6.54 Å². The standard InChI is InChI=1S/C27H29NO5/c1-12-16-18(30)17-22-27-9-14(29)8-25(2)11-28(22)15(20(25)27)10-26(17,23(12)31)21(27)19(16)33-24(32)13-6-4-3-5-7-13/h3-7,15-23,30-31H,1,8-11H2,2H3/t15-,16-,17+,18-,19+,20+,21+,22+,23+,25-,26+,27-/m0/s1. The summed E-state index contributed by atoms with van der Waals surface area (Å²) in [5, 5.41) is 23.4. The fraction of sp³-hybridized carbons (Fsp3) is 0.630. The van der Waals surface area contributed by atoms with E-state index in [1.54, 1.807) is 12.1 Å². The summed E-state index contributed by atoms with van der Waals surface area (Å²) in [5.74, 6) is -0.494. The van der Waals surface area contributed by atoms with Gasteiger partial charge >= 0.3 is 5.97 Å². The minimum Gasteiger partial charge on any atom is -0.458 e. The van der Waals surface area contributed by atoms with Crippen LogP contribution in [0.1, 0.15) is 36.5 Å². The molecule has 9 bridgehead atoms. The normalized spacial score (nSPS) is 58.3. The number of piperidine rings is 2. The van der Waals surface area contributed by atoms with E-state index in [-0.39, 0.29) is 34.5 Å². The Kier molecular flexibility index (Phi) is 3.19. The number of hydrogen-bond donors (Lipinski definition) is 2. The van der Waals surface area contributed by atoms with Gasteiger partial charge in [-0.05, 0) is 35.5 Å². The summed E-state index contributed by atoms with van der Waals surface area (Å²) in [7, 11) is 0. The maximum absolute atomic E-state index is 13.3. The third kappa shape index (κ3) is 1.74. The van der Waals surface area contributed by atoms with Crippen molar-refractivity contribution in [3.63, 3.8) is 0 Å². The third-order valence-corrected chi connectivity index (χ3v) is 11.3. The third-order valence-electron chi connectivity index (χ3n) is 11.3. The van der Waals surface area contributed by atoms with Crippen LogP contribution in [0.5, 0.6) is 0 Å². The minimum absolute atomic E-state index is 0.0734. The average Bonchev–Trinajstić information content (AvgIpc) is 3.21. The molecule has 9 fully saturated rings. The van der Waals surface area contributed by atoms with E-state index in [0.29, 0.717) is 35.9 Å². The number of ether oxygens (including phenoxy) is 1. The molecule has 2 spiro atoms. The van der Waals surface area contributed by atoms with E-state index in [0.717, 1.165) is 13.0 Å². The van der Waals surface area contributed by atoms with Crippen LogP contribution in [0.25, 0.3) is 0 Å². The molecule has 6 aliphatic carbocycles. The quantitative estimate of drug-likeness (QED) is 0.531. The highest BCUT2D eigenvalue weighted by Gasteiger charge is 2.92. The Bertz CT molecular complexity index is 1150. The van der Waals surface area contributed by atoms with Gasteiger partial charge in [-0.2, -0.15) is 0 Å². The molecule has 13 atom stereocenters. The molecule has 33 heavy (non-hydrogen) atoms. The molecular weight excluding hydrogens is 418 g/mol. The Morgan fingerprint density at radius 3 is 2.67 bits per heavy atom. The average molecular weight is 448 g/mol. The Hall–Kier alpha value is -2.02. The van der Waals surface area contributed by atoms with Gasteiger partial charge in [0.25, 0.3) is 0 Å². The van der Waals surface area contributed by atoms with Gasteiger partial charge in [-0.15, -0.1) is 0 Å². The summed E-state index contributed by atoms with van der Waals surface area (Å²) in [5.41, 5.74) is 0.0999. The van der Waals surface area contributed by atoms with E-state index in [9.17, 15) is 19.8 Å². The maximum Gasteiger partial charge on any atom is 0.338 e. The van der Waals surface area contributed by atoms with Crippen LogP contribution >= 0.6 is 0 Å². The van der Waals surface area contributed by atoms with Crippen molar-refractivity contribution < 1.29 is 24.5 Å². The molecule has 6 heteroatoms. The first-order valence-corrected chi connectivity index (χ1v) is 12.3. The molecule has 10 rings (SSSR count). The molecule has 6 nitrogen and oxygen atoms in total. The fourth-order valence-electron chi connectivity index (χ4n) is 11.3. The Morgan fingerprint density at radius 2 is 1.91 bits per heavy atom. The number of carbonyl (C=O) groups is 2. The zero-order chi connectivity index (χ0) is 22.7. The molecule has 3 aliphatic heterocycles. The number of ketones is 1.